The minimum atomic E-state index is -1.13. The van der Waals surface area contributed by atoms with Gasteiger partial charge < -0.3 is 14.6 Å². The summed E-state index contributed by atoms with van der Waals surface area (Å²) in [5.74, 6) is 0. The van der Waals surface area contributed by atoms with Crippen LogP contribution < -0.4 is 5.73 Å². The van der Waals surface area contributed by atoms with Crippen LogP contribution in [-0.4, -0.2) is 14.0 Å². The average molecular weight is 278 g/mol. The number of oxazole rings is 1. The molecule has 0 spiro atoms. The zero-order chi connectivity index (χ0) is 14.2. The molecule has 0 radical (unpaired) electrons. The van der Waals surface area contributed by atoms with Crippen molar-refractivity contribution in [3.63, 3.8) is 0 Å². The highest BCUT2D eigenvalue weighted by Gasteiger charge is 2.28. The summed E-state index contributed by atoms with van der Waals surface area (Å²) in [6.07, 6.45) is 0.0647. The molecule has 0 bridgehead atoms. The minimum Gasteiger partial charge on any atom is -0.424 e. The van der Waals surface area contributed by atoms with Gasteiger partial charge in [0.1, 0.15) is 5.52 Å². The second-order valence-corrected chi connectivity index (χ2v) is 8.58. The largest absolute Gasteiger partial charge is 0.424 e. The lowest BCUT2D eigenvalue weighted by molar-refractivity contribution is 0.0866. The lowest BCUT2D eigenvalue weighted by Crippen LogP contribution is -2.25. The van der Waals surface area contributed by atoms with Crippen LogP contribution in [0.3, 0.4) is 0 Å². The van der Waals surface area contributed by atoms with Crippen molar-refractivity contribution in [2.24, 2.45) is 5.41 Å². The fourth-order valence-electron chi connectivity index (χ4n) is 2.18. The summed E-state index contributed by atoms with van der Waals surface area (Å²) in [6, 6.07) is 6.19. The Labute approximate surface area is 115 Å². The molecule has 19 heavy (non-hydrogen) atoms. The summed E-state index contributed by atoms with van der Waals surface area (Å²) in [4.78, 5) is 4.12. The van der Waals surface area contributed by atoms with Gasteiger partial charge in [-0.25, -0.2) is 0 Å². The van der Waals surface area contributed by atoms with Crippen LogP contribution in [-0.2, 0) is 4.43 Å². The molecular weight excluding hydrogens is 256 g/mol. The molecule has 0 fully saturated rings. The van der Waals surface area contributed by atoms with E-state index in [1.165, 1.54) is 0 Å². The summed E-state index contributed by atoms with van der Waals surface area (Å²) in [6.45, 7) is 10.9. The monoisotopic (exact) mass is 278 g/mol. The van der Waals surface area contributed by atoms with Gasteiger partial charge in [-0.2, -0.15) is 4.98 Å². The van der Waals surface area contributed by atoms with Gasteiger partial charge >= 0.3 is 0 Å². The molecule has 5 heteroatoms. The Bertz CT molecular complexity index is 572. The maximum absolute atomic E-state index is 6.20. The van der Waals surface area contributed by atoms with Gasteiger partial charge in [-0.1, -0.05) is 26.8 Å². The van der Waals surface area contributed by atoms with Crippen molar-refractivity contribution in [1.82, 2.24) is 4.98 Å². The number of fused-ring (bicyclic) bond motifs is 1. The fraction of sp³-hybridized carbons (Fsp3) is 0.500. The first-order valence-electron chi connectivity index (χ1n) is 6.59. The molecule has 1 aromatic heterocycles. The van der Waals surface area contributed by atoms with E-state index >= 15 is 0 Å². The second-order valence-electron chi connectivity index (χ2n) is 6.21. The smallest absolute Gasteiger partial charge is 0.292 e. The third kappa shape index (κ3) is 3.16. The highest BCUT2D eigenvalue weighted by molar-refractivity contribution is 6.48. The number of benzene rings is 1. The summed E-state index contributed by atoms with van der Waals surface area (Å²) in [5.41, 5.74) is 8.25. The van der Waals surface area contributed by atoms with Crippen LogP contribution in [0.2, 0.25) is 13.1 Å². The lowest BCUT2D eigenvalue weighted by atomic mass is 9.85. The second kappa shape index (κ2) is 4.98. The molecule has 0 amide bonds. The van der Waals surface area contributed by atoms with E-state index in [0.717, 1.165) is 16.7 Å². The van der Waals surface area contributed by atoms with Crippen LogP contribution in [0.4, 0.5) is 6.01 Å². The Hall–Kier alpha value is -1.33. The van der Waals surface area contributed by atoms with E-state index in [0.29, 0.717) is 0 Å². The predicted molar refractivity (Wildman–Crippen MR) is 80.6 cm³/mol. The first kappa shape index (κ1) is 14.1. The van der Waals surface area contributed by atoms with Gasteiger partial charge in [-0.3, -0.25) is 0 Å². The lowest BCUT2D eigenvalue weighted by Gasteiger charge is -2.33. The summed E-state index contributed by atoms with van der Waals surface area (Å²) in [7, 11) is -1.13. The van der Waals surface area contributed by atoms with Crippen molar-refractivity contribution in [3.8, 4) is 0 Å². The van der Waals surface area contributed by atoms with Gasteiger partial charge in [0.05, 0.1) is 6.10 Å². The first-order valence-corrected chi connectivity index (χ1v) is 9.37. The van der Waals surface area contributed by atoms with Gasteiger partial charge in [0.2, 0.25) is 0 Å². The summed E-state index contributed by atoms with van der Waals surface area (Å²) < 4.78 is 11.6. The number of rotatable bonds is 3. The number of nitrogen functional groups attached to an aromatic ring is 1. The molecular formula is C14H22N2O2Si. The van der Waals surface area contributed by atoms with E-state index in [9.17, 15) is 0 Å². The number of nitrogens with zero attached hydrogens (tertiary/aromatic N) is 1. The zero-order valence-electron chi connectivity index (χ0n) is 12.2. The van der Waals surface area contributed by atoms with Crippen LogP contribution >= 0.6 is 0 Å². The molecule has 2 aromatic rings. The van der Waals surface area contributed by atoms with E-state index in [2.05, 4.69) is 44.9 Å². The molecule has 1 atom stereocenters. The van der Waals surface area contributed by atoms with Crippen molar-refractivity contribution in [1.29, 1.82) is 0 Å². The van der Waals surface area contributed by atoms with E-state index in [1.54, 1.807) is 0 Å². The maximum Gasteiger partial charge on any atom is 0.292 e. The number of hydrogen-bond acceptors (Lipinski definition) is 4. The Morgan fingerprint density at radius 2 is 2.00 bits per heavy atom. The van der Waals surface area contributed by atoms with Crippen molar-refractivity contribution in [2.45, 2.75) is 40.0 Å². The Balaban J connectivity index is 2.43. The first-order chi connectivity index (χ1) is 8.77. The van der Waals surface area contributed by atoms with Crippen LogP contribution in [0, 0.1) is 5.41 Å². The van der Waals surface area contributed by atoms with E-state index in [4.69, 9.17) is 14.6 Å². The highest BCUT2D eigenvalue weighted by Crippen LogP contribution is 2.37. The third-order valence-electron chi connectivity index (χ3n) is 2.93. The predicted octanol–water partition coefficient (Wildman–Crippen LogP) is 3.50. The molecule has 0 aliphatic rings. The molecule has 1 heterocycles. The van der Waals surface area contributed by atoms with Gasteiger partial charge in [0.15, 0.2) is 14.6 Å². The number of anilines is 1. The standard InChI is InChI=1S/C14H22N2O2Si/c1-14(2,3)12(18-19(4)5)9-6-7-10-11(8-9)17-13(15)16-10/h6-8,12,19H,1-5H3,(H2,15,16). The average Bonchev–Trinajstić information content (AvgIpc) is 2.63. The van der Waals surface area contributed by atoms with Gasteiger partial charge in [-0.05, 0) is 36.2 Å². The number of nitrogens with two attached hydrogens (primary N) is 1. The van der Waals surface area contributed by atoms with Gasteiger partial charge in [-0.15, -0.1) is 0 Å². The molecule has 4 nitrogen and oxygen atoms in total. The number of aromatic nitrogens is 1. The van der Waals surface area contributed by atoms with Crippen LogP contribution in [0.15, 0.2) is 22.6 Å². The Kier molecular flexibility index (Phi) is 3.69. The Morgan fingerprint density at radius 3 is 2.58 bits per heavy atom. The molecule has 2 N–H and O–H groups in total. The van der Waals surface area contributed by atoms with E-state index in [1.807, 2.05) is 12.1 Å². The zero-order valence-corrected chi connectivity index (χ0v) is 13.4. The van der Waals surface area contributed by atoms with Crippen molar-refractivity contribution >= 4 is 26.2 Å². The summed E-state index contributed by atoms with van der Waals surface area (Å²) >= 11 is 0. The molecule has 0 saturated heterocycles. The van der Waals surface area contributed by atoms with Crippen molar-refractivity contribution < 1.29 is 8.84 Å². The van der Waals surface area contributed by atoms with Crippen molar-refractivity contribution in [2.75, 3.05) is 5.73 Å². The molecule has 1 unspecified atom stereocenters. The van der Waals surface area contributed by atoms with Crippen LogP contribution in [0.1, 0.15) is 32.4 Å². The normalized spacial score (nSPS) is 14.2. The molecule has 1 aromatic carbocycles. The van der Waals surface area contributed by atoms with Crippen molar-refractivity contribution in [3.05, 3.63) is 23.8 Å². The van der Waals surface area contributed by atoms with Crippen LogP contribution in [0.25, 0.3) is 11.1 Å². The van der Waals surface area contributed by atoms with Gasteiger partial charge in [0, 0.05) is 0 Å². The fourth-order valence-corrected chi connectivity index (χ4v) is 3.29. The van der Waals surface area contributed by atoms with E-state index in [-0.39, 0.29) is 17.5 Å². The molecule has 104 valence electrons. The topological polar surface area (TPSA) is 61.3 Å². The quantitative estimate of drug-likeness (QED) is 0.873. The number of hydrogen-bond donors (Lipinski definition) is 1. The Morgan fingerprint density at radius 1 is 1.32 bits per heavy atom. The van der Waals surface area contributed by atoms with E-state index < -0.39 is 9.04 Å². The highest BCUT2D eigenvalue weighted by atomic mass is 28.3. The summed E-state index contributed by atoms with van der Waals surface area (Å²) in [5, 5.41) is 0. The maximum atomic E-state index is 6.20. The molecule has 0 aliphatic carbocycles. The minimum absolute atomic E-state index is 0.0382. The molecule has 0 aliphatic heterocycles. The SMILES string of the molecule is C[SiH](C)OC(c1ccc2nc(N)oc2c1)C(C)(C)C. The molecule has 0 saturated carbocycles. The molecule has 2 rings (SSSR count). The van der Waals surface area contributed by atoms with Gasteiger partial charge in [0.25, 0.3) is 6.01 Å². The van der Waals surface area contributed by atoms with Crippen LogP contribution in [0.5, 0.6) is 0 Å². The third-order valence-corrected chi connectivity index (χ3v) is 3.74.